The molecule has 44 heavy (non-hydrogen) atoms. The highest BCUT2D eigenvalue weighted by molar-refractivity contribution is 6.04. The number of amides is 3. The maximum Gasteiger partial charge on any atom is 0.452 e. The number of nitrogens with zero attached hydrogens (tertiary/aromatic N) is 2. The molecular formula is C33H32F3N3O5. The summed E-state index contributed by atoms with van der Waals surface area (Å²) in [6.07, 6.45) is -4.13. The van der Waals surface area contributed by atoms with Crippen molar-refractivity contribution in [2.45, 2.75) is 38.5 Å². The van der Waals surface area contributed by atoms with Gasteiger partial charge in [0.25, 0.3) is 17.6 Å². The second kappa shape index (κ2) is 13.6. The van der Waals surface area contributed by atoms with Crippen molar-refractivity contribution < 1.29 is 37.1 Å². The zero-order chi connectivity index (χ0) is 32.0. The first-order chi connectivity index (χ1) is 20.9. The van der Waals surface area contributed by atoms with Gasteiger partial charge < -0.3 is 15.0 Å². The normalized spacial score (nSPS) is 15.9. The van der Waals surface area contributed by atoms with Crippen LogP contribution in [0, 0.1) is 5.92 Å². The van der Waals surface area contributed by atoms with Crippen molar-refractivity contribution in [2.75, 3.05) is 13.7 Å². The van der Waals surface area contributed by atoms with Crippen LogP contribution in [0.3, 0.4) is 0 Å². The lowest BCUT2D eigenvalue weighted by Crippen LogP contribution is -2.57. The quantitative estimate of drug-likeness (QED) is 0.355. The Labute approximate surface area is 253 Å². The fourth-order valence-electron chi connectivity index (χ4n) is 5.02. The zero-order valence-electron chi connectivity index (χ0n) is 24.4. The second-order valence-electron chi connectivity index (χ2n) is 10.6. The molecule has 2 unspecified atom stereocenters. The van der Waals surface area contributed by atoms with Crippen LogP contribution in [0.2, 0.25) is 0 Å². The maximum atomic E-state index is 14.1. The van der Waals surface area contributed by atoms with E-state index in [0.29, 0.717) is 22.4 Å². The third-order valence-electron chi connectivity index (χ3n) is 7.14. The molecule has 1 N–H and O–H groups in total. The highest BCUT2D eigenvalue weighted by Crippen LogP contribution is 2.32. The Morgan fingerprint density at radius 3 is 2.16 bits per heavy atom. The Kier molecular flexibility index (Phi) is 9.87. The van der Waals surface area contributed by atoms with Gasteiger partial charge in [-0.3, -0.25) is 24.1 Å². The van der Waals surface area contributed by atoms with Crippen LogP contribution in [0.5, 0.6) is 5.75 Å². The molecule has 1 aliphatic rings. The Bertz CT molecular complexity index is 1540. The summed E-state index contributed by atoms with van der Waals surface area (Å²) in [5.41, 5.74) is 1.34. The minimum atomic E-state index is -5.19. The van der Waals surface area contributed by atoms with Gasteiger partial charge in [-0.15, -0.1) is 0 Å². The molecule has 230 valence electrons. The van der Waals surface area contributed by atoms with Gasteiger partial charge in [0.15, 0.2) is 0 Å². The number of hydrogen-bond acceptors (Lipinski definition) is 5. The van der Waals surface area contributed by atoms with Crippen LogP contribution in [0.15, 0.2) is 91.1 Å². The summed E-state index contributed by atoms with van der Waals surface area (Å²) in [5.74, 6) is -4.10. The van der Waals surface area contributed by atoms with Gasteiger partial charge >= 0.3 is 6.18 Å². The smallest absolute Gasteiger partial charge is 0.452 e. The molecule has 8 nitrogen and oxygen atoms in total. The first-order valence-corrected chi connectivity index (χ1v) is 13.9. The van der Waals surface area contributed by atoms with E-state index in [-0.39, 0.29) is 5.70 Å². The summed E-state index contributed by atoms with van der Waals surface area (Å²) in [6.45, 7) is 2.79. The Balaban J connectivity index is 1.73. The molecule has 1 aliphatic heterocycles. The molecule has 3 amide bonds. The molecular weight excluding hydrogens is 575 g/mol. The minimum Gasteiger partial charge on any atom is -0.497 e. The summed E-state index contributed by atoms with van der Waals surface area (Å²) in [4.78, 5) is 55.8. The van der Waals surface area contributed by atoms with Gasteiger partial charge in [-0.05, 0) is 35.7 Å². The van der Waals surface area contributed by atoms with Crippen molar-refractivity contribution >= 4 is 29.2 Å². The highest BCUT2D eigenvalue weighted by Gasteiger charge is 2.45. The molecule has 0 saturated heterocycles. The molecule has 3 aromatic rings. The molecule has 3 aromatic carbocycles. The van der Waals surface area contributed by atoms with Gasteiger partial charge in [-0.1, -0.05) is 74.5 Å². The molecule has 0 radical (unpaired) electrons. The number of carbonyl (C=O) groups excluding carboxylic acids is 4. The number of alkyl halides is 3. The summed E-state index contributed by atoms with van der Waals surface area (Å²) in [6, 6.07) is 20.0. The first-order valence-electron chi connectivity index (χ1n) is 13.9. The number of halogens is 3. The monoisotopic (exact) mass is 607 g/mol. The zero-order valence-corrected chi connectivity index (χ0v) is 24.4. The third-order valence-corrected chi connectivity index (χ3v) is 7.14. The third kappa shape index (κ3) is 7.34. The molecule has 0 saturated carbocycles. The van der Waals surface area contributed by atoms with Crippen LogP contribution in [-0.4, -0.2) is 65.2 Å². The molecule has 2 atom stereocenters. The number of ketones is 1. The Morgan fingerprint density at radius 1 is 0.932 bits per heavy atom. The van der Waals surface area contributed by atoms with Gasteiger partial charge in [0.2, 0.25) is 5.91 Å². The van der Waals surface area contributed by atoms with E-state index in [4.69, 9.17) is 4.74 Å². The molecule has 0 aliphatic carbocycles. The van der Waals surface area contributed by atoms with E-state index in [1.165, 1.54) is 18.2 Å². The SMILES string of the molecule is COc1cccc(C2=CN(C(=O)c3ccccc3)C(C(C)C)C(=O)N2CC(=O)NC(Cc2ccccc2)C(=O)C(F)(F)F)c1. The van der Waals surface area contributed by atoms with E-state index in [1.807, 2.05) is 0 Å². The van der Waals surface area contributed by atoms with Crippen molar-refractivity contribution in [1.29, 1.82) is 0 Å². The van der Waals surface area contributed by atoms with Crippen LogP contribution in [0.1, 0.15) is 35.3 Å². The van der Waals surface area contributed by atoms with E-state index >= 15 is 0 Å². The predicted octanol–water partition coefficient (Wildman–Crippen LogP) is 4.86. The van der Waals surface area contributed by atoms with Gasteiger partial charge in [0.1, 0.15) is 24.4 Å². The average molecular weight is 608 g/mol. The summed E-state index contributed by atoms with van der Waals surface area (Å²) in [7, 11) is 1.45. The van der Waals surface area contributed by atoms with Gasteiger partial charge in [0, 0.05) is 23.7 Å². The van der Waals surface area contributed by atoms with E-state index in [9.17, 15) is 32.3 Å². The van der Waals surface area contributed by atoms with Crippen LogP contribution < -0.4 is 10.1 Å². The Morgan fingerprint density at radius 2 is 1.57 bits per heavy atom. The number of nitrogens with one attached hydrogen (secondary N) is 1. The molecule has 0 bridgehead atoms. The number of methoxy groups -OCH3 is 1. The van der Waals surface area contributed by atoms with Crippen LogP contribution in [0.4, 0.5) is 13.2 Å². The predicted molar refractivity (Wildman–Crippen MR) is 157 cm³/mol. The Hall–Kier alpha value is -4.93. The lowest BCUT2D eigenvalue weighted by Gasteiger charge is -2.41. The van der Waals surface area contributed by atoms with Crippen LogP contribution >= 0.6 is 0 Å². The van der Waals surface area contributed by atoms with Crippen LogP contribution in [0.25, 0.3) is 5.70 Å². The summed E-state index contributed by atoms with van der Waals surface area (Å²) in [5, 5.41) is 2.20. The maximum absolute atomic E-state index is 14.1. The molecule has 0 aromatic heterocycles. The number of hydrogen-bond donors (Lipinski definition) is 1. The van der Waals surface area contributed by atoms with E-state index in [0.717, 1.165) is 4.90 Å². The number of Topliss-reactive ketones (excluding diaryl/α,β-unsaturated/α-hetero) is 1. The molecule has 0 fully saturated rings. The largest absolute Gasteiger partial charge is 0.497 e. The van der Waals surface area contributed by atoms with Crippen molar-refractivity contribution in [3.8, 4) is 5.75 Å². The molecule has 0 spiro atoms. The molecule has 11 heteroatoms. The minimum absolute atomic E-state index is 0.159. The van der Waals surface area contributed by atoms with E-state index < -0.39 is 60.6 Å². The molecule has 1 heterocycles. The lowest BCUT2D eigenvalue weighted by molar-refractivity contribution is -0.173. The number of rotatable bonds is 10. The van der Waals surface area contributed by atoms with E-state index in [1.54, 1.807) is 98.8 Å². The lowest BCUT2D eigenvalue weighted by atomic mass is 9.96. The topological polar surface area (TPSA) is 96.0 Å². The van der Waals surface area contributed by atoms with Crippen molar-refractivity contribution in [3.05, 3.63) is 108 Å². The standard InChI is InChI=1S/C33H32F3N3O5/c1-21(2)29-32(43)38(20-28(40)37-26(30(41)33(34,35)36)17-22-11-6-4-7-12-22)27(24-15-10-16-25(18-24)44-3)19-39(29)31(42)23-13-8-5-9-14-23/h4-16,18-19,21,26,29H,17,20H2,1-3H3,(H,37,40). The average Bonchev–Trinajstić information content (AvgIpc) is 3.01. The van der Waals surface area contributed by atoms with Crippen molar-refractivity contribution in [1.82, 2.24) is 15.1 Å². The number of ether oxygens (including phenoxy) is 1. The van der Waals surface area contributed by atoms with Gasteiger partial charge in [-0.2, -0.15) is 13.2 Å². The van der Waals surface area contributed by atoms with Gasteiger partial charge in [-0.25, -0.2) is 0 Å². The van der Waals surface area contributed by atoms with Crippen LogP contribution in [-0.2, 0) is 20.8 Å². The molecule has 4 rings (SSSR count). The van der Waals surface area contributed by atoms with E-state index in [2.05, 4.69) is 5.32 Å². The second-order valence-corrected chi connectivity index (χ2v) is 10.6. The summed E-state index contributed by atoms with van der Waals surface area (Å²) < 4.78 is 45.8. The number of carbonyl (C=O) groups is 4. The highest BCUT2D eigenvalue weighted by atomic mass is 19.4. The fraction of sp³-hybridized carbons (Fsp3) is 0.273. The van der Waals surface area contributed by atoms with Crippen molar-refractivity contribution in [2.24, 2.45) is 5.92 Å². The number of benzene rings is 3. The fourth-order valence-corrected chi connectivity index (χ4v) is 5.02. The first kappa shape index (κ1) is 32.0. The van der Waals surface area contributed by atoms with Crippen molar-refractivity contribution in [3.63, 3.8) is 0 Å². The van der Waals surface area contributed by atoms with Gasteiger partial charge in [0.05, 0.1) is 12.8 Å². The summed E-state index contributed by atoms with van der Waals surface area (Å²) >= 11 is 0.